The Morgan fingerprint density at radius 1 is 1.05 bits per heavy atom. The van der Waals surface area contributed by atoms with Gasteiger partial charge in [0, 0.05) is 12.3 Å². The molecule has 0 unspecified atom stereocenters. The highest BCUT2D eigenvalue weighted by Gasteiger charge is 2.12. The number of H-pyrrole nitrogens is 1. The molecule has 1 aliphatic carbocycles. The van der Waals surface area contributed by atoms with E-state index in [4.69, 9.17) is 11.6 Å². The Hall–Kier alpha value is -2.40. The highest BCUT2D eigenvalue weighted by Crippen LogP contribution is 2.28. The van der Waals surface area contributed by atoms with Gasteiger partial charge < -0.3 is 5.32 Å². The van der Waals surface area contributed by atoms with Crippen molar-refractivity contribution in [1.82, 2.24) is 20.2 Å². The molecule has 1 aliphatic rings. The van der Waals surface area contributed by atoms with Crippen LogP contribution in [0.2, 0.25) is 5.28 Å². The van der Waals surface area contributed by atoms with E-state index in [0.717, 1.165) is 11.3 Å². The number of benzene rings is 1. The number of aryl methyl sites for hydroxylation is 2. The topological polar surface area (TPSA) is 66.5 Å². The Labute approximate surface area is 132 Å². The van der Waals surface area contributed by atoms with E-state index >= 15 is 0 Å². The summed E-state index contributed by atoms with van der Waals surface area (Å²) in [4.78, 5) is 7.94. The molecule has 0 bridgehead atoms. The zero-order valence-electron chi connectivity index (χ0n) is 11.8. The fourth-order valence-electron chi connectivity index (χ4n) is 2.81. The minimum Gasteiger partial charge on any atom is -0.323 e. The van der Waals surface area contributed by atoms with E-state index in [1.807, 2.05) is 6.07 Å². The summed E-state index contributed by atoms with van der Waals surface area (Å²) in [6.45, 7) is 0. The molecule has 0 radical (unpaired) electrons. The third-order valence-corrected chi connectivity index (χ3v) is 4.05. The molecule has 0 amide bonds. The molecular formula is C16H14ClN5. The molecule has 0 fully saturated rings. The van der Waals surface area contributed by atoms with E-state index in [1.165, 1.54) is 30.4 Å². The summed E-state index contributed by atoms with van der Waals surface area (Å²) in [6, 6.07) is 10.3. The first-order valence-electron chi connectivity index (χ1n) is 7.21. The maximum absolute atomic E-state index is 5.78. The van der Waals surface area contributed by atoms with Crippen LogP contribution in [0.5, 0.6) is 0 Å². The van der Waals surface area contributed by atoms with E-state index in [1.54, 1.807) is 12.3 Å². The predicted molar refractivity (Wildman–Crippen MR) is 86.4 cm³/mol. The standard InChI is InChI=1S/C16H14ClN5/c17-16-18-7-6-14(20-16)19-15-9-13(21-22-15)12-5-4-10-2-1-3-11(10)8-12/h4-9H,1-3H2,(H2,18,19,20,21,22). The molecule has 22 heavy (non-hydrogen) atoms. The van der Waals surface area contributed by atoms with Crippen LogP contribution in [0.1, 0.15) is 17.5 Å². The van der Waals surface area contributed by atoms with Crippen LogP contribution in [0.3, 0.4) is 0 Å². The molecule has 0 aliphatic heterocycles. The number of rotatable bonds is 3. The number of aromatic nitrogens is 4. The minimum absolute atomic E-state index is 0.208. The molecule has 3 aromatic rings. The van der Waals surface area contributed by atoms with Crippen LogP contribution < -0.4 is 5.32 Å². The number of halogens is 1. The van der Waals surface area contributed by atoms with Gasteiger partial charge >= 0.3 is 0 Å². The van der Waals surface area contributed by atoms with Crippen molar-refractivity contribution in [3.8, 4) is 11.3 Å². The number of nitrogens with zero attached hydrogens (tertiary/aromatic N) is 3. The van der Waals surface area contributed by atoms with Crippen LogP contribution in [0.4, 0.5) is 11.6 Å². The fraction of sp³-hybridized carbons (Fsp3) is 0.188. The zero-order chi connectivity index (χ0) is 14.9. The second-order valence-corrected chi connectivity index (χ2v) is 5.68. The summed E-state index contributed by atoms with van der Waals surface area (Å²) < 4.78 is 0. The molecule has 1 aromatic carbocycles. The maximum atomic E-state index is 5.78. The molecule has 2 heterocycles. The van der Waals surface area contributed by atoms with Crippen LogP contribution in [0, 0.1) is 0 Å². The molecule has 0 saturated carbocycles. The first-order chi connectivity index (χ1) is 10.8. The van der Waals surface area contributed by atoms with Gasteiger partial charge in [0.25, 0.3) is 0 Å². The molecule has 0 spiro atoms. The molecule has 5 nitrogen and oxygen atoms in total. The summed E-state index contributed by atoms with van der Waals surface area (Å²) in [7, 11) is 0. The lowest BCUT2D eigenvalue weighted by molar-refractivity contribution is 0.912. The van der Waals surface area contributed by atoms with E-state index in [2.05, 4.69) is 43.7 Å². The van der Waals surface area contributed by atoms with Crippen LogP contribution in [-0.4, -0.2) is 20.2 Å². The normalized spacial score (nSPS) is 13.1. The van der Waals surface area contributed by atoms with Gasteiger partial charge in [-0.1, -0.05) is 12.1 Å². The number of aromatic amines is 1. The minimum atomic E-state index is 0.208. The average molecular weight is 312 g/mol. The second kappa shape index (κ2) is 5.42. The summed E-state index contributed by atoms with van der Waals surface area (Å²) in [6.07, 6.45) is 5.22. The van der Waals surface area contributed by atoms with Gasteiger partial charge in [0.05, 0.1) is 5.69 Å². The number of fused-ring (bicyclic) bond motifs is 1. The smallest absolute Gasteiger partial charge is 0.224 e. The quantitative estimate of drug-likeness (QED) is 0.723. The van der Waals surface area contributed by atoms with E-state index in [-0.39, 0.29) is 5.28 Å². The fourth-order valence-corrected chi connectivity index (χ4v) is 2.96. The van der Waals surface area contributed by atoms with Gasteiger partial charge in [-0.15, -0.1) is 0 Å². The van der Waals surface area contributed by atoms with Crippen molar-refractivity contribution in [3.05, 3.63) is 52.9 Å². The number of hydrogen-bond donors (Lipinski definition) is 2. The van der Waals surface area contributed by atoms with Crippen molar-refractivity contribution in [3.63, 3.8) is 0 Å². The third kappa shape index (κ3) is 2.55. The van der Waals surface area contributed by atoms with Gasteiger partial charge in [-0.25, -0.2) is 9.97 Å². The van der Waals surface area contributed by atoms with Gasteiger partial charge in [0.15, 0.2) is 5.82 Å². The van der Waals surface area contributed by atoms with Crippen molar-refractivity contribution in [2.24, 2.45) is 0 Å². The Bertz CT molecular complexity index is 827. The van der Waals surface area contributed by atoms with Crippen molar-refractivity contribution in [2.75, 3.05) is 5.32 Å². The number of hydrogen-bond acceptors (Lipinski definition) is 4. The van der Waals surface area contributed by atoms with Gasteiger partial charge in [0.1, 0.15) is 5.82 Å². The van der Waals surface area contributed by atoms with Crippen molar-refractivity contribution in [2.45, 2.75) is 19.3 Å². The second-order valence-electron chi connectivity index (χ2n) is 5.34. The van der Waals surface area contributed by atoms with Crippen LogP contribution >= 0.6 is 11.6 Å². The molecule has 2 N–H and O–H groups in total. The van der Waals surface area contributed by atoms with E-state index in [0.29, 0.717) is 11.6 Å². The van der Waals surface area contributed by atoms with Gasteiger partial charge in [-0.05, 0) is 59.7 Å². The number of nitrogens with one attached hydrogen (secondary N) is 2. The Balaban J connectivity index is 1.59. The molecule has 0 saturated heterocycles. The highest BCUT2D eigenvalue weighted by molar-refractivity contribution is 6.28. The predicted octanol–water partition coefficient (Wildman–Crippen LogP) is 3.75. The first-order valence-corrected chi connectivity index (χ1v) is 7.59. The molecule has 6 heteroatoms. The summed E-state index contributed by atoms with van der Waals surface area (Å²) in [5.41, 5.74) is 5.06. The molecule has 0 atom stereocenters. The Morgan fingerprint density at radius 2 is 1.95 bits per heavy atom. The average Bonchev–Trinajstić information content (AvgIpc) is 3.15. The largest absolute Gasteiger partial charge is 0.323 e. The first kappa shape index (κ1) is 13.3. The molecule has 110 valence electrons. The van der Waals surface area contributed by atoms with Crippen LogP contribution in [0.15, 0.2) is 36.5 Å². The highest BCUT2D eigenvalue weighted by atomic mass is 35.5. The Morgan fingerprint density at radius 3 is 2.86 bits per heavy atom. The van der Waals surface area contributed by atoms with Crippen molar-refractivity contribution >= 4 is 23.2 Å². The Kier molecular flexibility index (Phi) is 3.27. The summed E-state index contributed by atoms with van der Waals surface area (Å²) in [5, 5.41) is 10.6. The van der Waals surface area contributed by atoms with Crippen molar-refractivity contribution < 1.29 is 0 Å². The maximum Gasteiger partial charge on any atom is 0.224 e. The summed E-state index contributed by atoms with van der Waals surface area (Å²) in [5.74, 6) is 1.32. The monoisotopic (exact) mass is 311 g/mol. The van der Waals surface area contributed by atoms with Gasteiger partial charge in [-0.3, -0.25) is 5.10 Å². The van der Waals surface area contributed by atoms with E-state index < -0.39 is 0 Å². The summed E-state index contributed by atoms with van der Waals surface area (Å²) >= 11 is 5.78. The third-order valence-electron chi connectivity index (χ3n) is 3.87. The van der Waals surface area contributed by atoms with Gasteiger partial charge in [-0.2, -0.15) is 5.10 Å². The molecule has 2 aromatic heterocycles. The van der Waals surface area contributed by atoms with E-state index in [9.17, 15) is 0 Å². The lowest BCUT2D eigenvalue weighted by Crippen LogP contribution is -1.94. The molecule has 4 rings (SSSR count). The van der Waals surface area contributed by atoms with Crippen LogP contribution in [-0.2, 0) is 12.8 Å². The molecular weight excluding hydrogens is 298 g/mol. The SMILES string of the molecule is Clc1nccc(Nc2cc(-c3ccc4c(c3)CCC4)[nH]n2)n1. The lowest BCUT2D eigenvalue weighted by atomic mass is 10.0. The van der Waals surface area contributed by atoms with Gasteiger partial charge in [0.2, 0.25) is 5.28 Å². The zero-order valence-corrected chi connectivity index (χ0v) is 12.6. The van der Waals surface area contributed by atoms with Crippen LogP contribution in [0.25, 0.3) is 11.3 Å². The van der Waals surface area contributed by atoms with Crippen molar-refractivity contribution in [1.29, 1.82) is 0 Å². The number of anilines is 2. The lowest BCUT2D eigenvalue weighted by Gasteiger charge is -2.02.